The normalized spacial score (nSPS) is 12.8. The standard InChI is InChI=1S/C21H32ClNO2/c1-4-5-6-7-8-9-12-20(21(22,24-2)25-3)19-15-13-18(14-16-19)11-10-17-23/h13-16,20H,4-12H2,1-3H3. The first-order valence-electron chi connectivity index (χ1n) is 9.36. The minimum absolute atomic E-state index is 0.0274. The van der Waals surface area contributed by atoms with E-state index in [2.05, 4.69) is 37.3 Å². The van der Waals surface area contributed by atoms with Crippen LogP contribution in [0, 0.1) is 11.3 Å². The van der Waals surface area contributed by atoms with Crippen LogP contribution in [-0.2, 0) is 15.9 Å². The Labute approximate surface area is 158 Å². The molecule has 0 N–H and O–H groups in total. The van der Waals surface area contributed by atoms with Gasteiger partial charge in [0.2, 0.25) is 0 Å². The first kappa shape index (κ1) is 22.0. The first-order valence-corrected chi connectivity index (χ1v) is 9.74. The summed E-state index contributed by atoms with van der Waals surface area (Å²) in [6.07, 6.45) is 9.69. The monoisotopic (exact) mass is 365 g/mol. The minimum atomic E-state index is -1.14. The molecule has 0 aliphatic rings. The van der Waals surface area contributed by atoms with E-state index in [0.29, 0.717) is 6.42 Å². The summed E-state index contributed by atoms with van der Waals surface area (Å²) in [5.41, 5.74) is 2.28. The fourth-order valence-electron chi connectivity index (χ4n) is 3.15. The second-order valence-corrected chi connectivity index (χ2v) is 7.03. The molecule has 0 fully saturated rings. The van der Waals surface area contributed by atoms with Crippen LogP contribution in [0.4, 0.5) is 0 Å². The molecule has 1 aromatic rings. The summed E-state index contributed by atoms with van der Waals surface area (Å²) in [5.74, 6) is -0.0274. The second-order valence-electron chi connectivity index (χ2n) is 6.50. The summed E-state index contributed by atoms with van der Waals surface area (Å²) in [6.45, 7) is 2.23. The molecular formula is C21H32ClNO2. The SMILES string of the molecule is CCCCCCCCC(c1ccc(CCC#N)cc1)C(Cl)(OC)OC. The zero-order valence-corrected chi connectivity index (χ0v) is 16.6. The molecule has 0 aliphatic carbocycles. The van der Waals surface area contributed by atoms with Gasteiger partial charge in [-0.3, -0.25) is 0 Å². The molecule has 0 bridgehead atoms. The van der Waals surface area contributed by atoms with Gasteiger partial charge >= 0.3 is 0 Å². The van der Waals surface area contributed by atoms with Gasteiger partial charge < -0.3 is 9.47 Å². The Morgan fingerprint density at radius 2 is 1.64 bits per heavy atom. The van der Waals surface area contributed by atoms with Crippen molar-refractivity contribution in [3.8, 4) is 6.07 Å². The number of aryl methyl sites for hydroxylation is 1. The van der Waals surface area contributed by atoms with E-state index in [1.165, 1.54) is 37.7 Å². The fraction of sp³-hybridized carbons (Fsp3) is 0.667. The van der Waals surface area contributed by atoms with Crippen molar-refractivity contribution in [2.45, 2.75) is 75.9 Å². The molecular weight excluding hydrogens is 334 g/mol. The molecule has 0 aliphatic heterocycles. The number of rotatable bonds is 13. The zero-order chi connectivity index (χ0) is 18.5. The van der Waals surface area contributed by atoms with Crippen LogP contribution in [-0.4, -0.2) is 19.5 Å². The van der Waals surface area contributed by atoms with E-state index in [-0.39, 0.29) is 5.92 Å². The van der Waals surface area contributed by atoms with Crippen LogP contribution in [0.2, 0.25) is 0 Å². The number of hydrogen-bond acceptors (Lipinski definition) is 3. The molecule has 0 spiro atoms. The number of alkyl halides is 1. The lowest BCUT2D eigenvalue weighted by atomic mass is 9.90. The molecule has 1 atom stereocenters. The number of benzene rings is 1. The summed E-state index contributed by atoms with van der Waals surface area (Å²) in [5, 5.41) is 7.57. The average molecular weight is 366 g/mol. The van der Waals surface area contributed by atoms with Crippen LogP contribution >= 0.6 is 11.6 Å². The molecule has 140 valence electrons. The lowest BCUT2D eigenvalue weighted by molar-refractivity contribution is -0.158. The number of hydrogen-bond donors (Lipinski definition) is 0. The predicted octanol–water partition coefficient (Wildman–Crippen LogP) is 6.16. The van der Waals surface area contributed by atoms with Gasteiger partial charge in [-0.15, -0.1) is 0 Å². The number of nitrogens with zero attached hydrogens (tertiary/aromatic N) is 1. The quantitative estimate of drug-likeness (QED) is 0.239. The minimum Gasteiger partial charge on any atom is -0.340 e. The Bertz CT molecular complexity index is 506. The van der Waals surface area contributed by atoms with Gasteiger partial charge in [-0.25, -0.2) is 0 Å². The summed E-state index contributed by atoms with van der Waals surface area (Å²) in [6, 6.07) is 10.5. The third-order valence-electron chi connectivity index (χ3n) is 4.73. The number of nitriles is 1. The average Bonchev–Trinajstić information content (AvgIpc) is 2.66. The summed E-state index contributed by atoms with van der Waals surface area (Å²) in [4.78, 5) is 0. The summed E-state index contributed by atoms with van der Waals surface area (Å²) >= 11 is 6.61. The van der Waals surface area contributed by atoms with Gasteiger partial charge in [0.1, 0.15) is 0 Å². The maximum Gasteiger partial charge on any atom is 0.254 e. The zero-order valence-electron chi connectivity index (χ0n) is 15.9. The van der Waals surface area contributed by atoms with E-state index in [1.54, 1.807) is 14.2 Å². The summed E-state index contributed by atoms with van der Waals surface area (Å²) < 4.78 is 11.0. The number of unbranched alkanes of at least 4 members (excludes halogenated alkanes) is 5. The van der Waals surface area contributed by atoms with Crippen LogP contribution in [0.15, 0.2) is 24.3 Å². The molecule has 1 aromatic carbocycles. The van der Waals surface area contributed by atoms with Crippen molar-refractivity contribution in [2.75, 3.05) is 14.2 Å². The Morgan fingerprint density at radius 1 is 1.04 bits per heavy atom. The van der Waals surface area contributed by atoms with Gasteiger partial charge in [0.25, 0.3) is 5.25 Å². The van der Waals surface area contributed by atoms with Gasteiger partial charge in [0.15, 0.2) is 0 Å². The van der Waals surface area contributed by atoms with Crippen LogP contribution in [0.5, 0.6) is 0 Å². The lowest BCUT2D eigenvalue weighted by Crippen LogP contribution is -2.34. The molecule has 4 heteroatoms. The second kappa shape index (κ2) is 12.3. The van der Waals surface area contributed by atoms with Gasteiger partial charge in [0.05, 0.1) is 12.0 Å². The molecule has 0 aromatic heterocycles. The largest absolute Gasteiger partial charge is 0.340 e. The fourth-order valence-corrected chi connectivity index (χ4v) is 3.39. The molecule has 0 radical (unpaired) electrons. The van der Waals surface area contributed by atoms with Crippen molar-refractivity contribution in [1.29, 1.82) is 5.26 Å². The number of halogens is 1. The Hall–Kier alpha value is -1.08. The van der Waals surface area contributed by atoms with E-state index in [1.807, 2.05) is 0 Å². The van der Waals surface area contributed by atoms with Crippen molar-refractivity contribution >= 4 is 11.6 Å². The van der Waals surface area contributed by atoms with Gasteiger partial charge in [-0.05, 0) is 24.0 Å². The van der Waals surface area contributed by atoms with Crippen molar-refractivity contribution in [1.82, 2.24) is 0 Å². The van der Waals surface area contributed by atoms with E-state index < -0.39 is 5.25 Å². The van der Waals surface area contributed by atoms with Crippen LogP contribution in [0.1, 0.15) is 75.3 Å². The van der Waals surface area contributed by atoms with Gasteiger partial charge in [-0.1, -0.05) is 81.3 Å². The van der Waals surface area contributed by atoms with E-state index in [9.17, 15) is 0 Å². The number of methoxy groups -OCH3 is 2. The highest BCUT2D eigenvalue weighted by molar-refractivity contribution is 6.22. The van der Waals surface area contributed by atoms with Crippen LogP contribution in [0.3, 0.4) is 0 Å². The van der Waals surface area contributed by atoms with E-state index in [0.717, 1.165) is 24.8 Å². The molecule has 0 heterocycles. The van der Waals surface area contributed by atoms with E-state index >= 15 is 0 Å². The Kier molecular flexibility index (Phi) is 10.8. The highest BCUT2D eigenvalue weighted by Crippen LogP contribution is 2.39. The molecule has 0 saturated carbocycles. The Balaban J connectivity index is 2.75. The highest BCUT2D eigenvalue weighted by atomic mass is 35.5. The summed E-state index contributed by atoms with van der Waals surface area (Å²) in [7, 11) is 3.18. The molecule has 1 unspecified atom stereocenters. The molecule has 0 amide bonds. The maximum atomic E-state index is 8.71. The van der Waals surface area contributed by atoms with Crippen molar-refractivity contribution < 1.29 is 9.47 Å². The van der Waals surface area contributed by atoms with Crippen LogP contribution < -0.4 is 0 Å². The Morgan fingerprint density at radius 3 is 2.20 bits per heavy atom. The predicted molar refractivity (Wildman–Crippen MR) is 104 cm³/mol. The van der Waals surface area contributed by atoms with E-state index in [4.69, 9.17) is 26.3 Å². The topological polar surface area (TPSA) is 42.2 Å². The van der Waals surface area contributed by atoms with Crippen molar-refractivity contribution in [2.24, 2.45) is 0 Å². The molecule has 25 heavy (non-hydrogen) atoms. The lowest BCUT2D eigenvalue weighted by Gasteiger charge is -2.33. The molecule has 0 saturated heterocycles. The third kappa shape index (κ3) is 7.36. The van der Waals surface area contributed by atoms with Gasteiger partial charge in [-0.2, -0.15) is 5.26 Å². The molecule has 3 nitrogen and oxygen atoms in total. The van der Waals surface area contributed by atoms with Crippen molar-refractivity contribution in [3.63, 3.8) is 0 Å². The number of ether oxygens (including phenoxy) is 2. The van der Waals surface area contributed by atoms with Crippen molar-refractivity contribution in [3.05, 3.63) is 35.4 Å². The van der Waals surface area contributed by atoms with Crippen LogP contribution in [0.25, 0.3) is 0 Å². The molecule has 1 rings (SSSR count). The maximum absolute atomic E-state index is 8.71. The third-order valence-corrected chi connectivity index (χ3v) is 5.30. The first-order chi connectivity index (χ1) is 12.1. The smallest absolute Gasteiger partial charge is 0.254 e. The van der Waals surface area contributed by atoms with Gasteiger partial charge in [0, 0.05) is 20.6 Å². The highest BCUT2D eigenvalue weighted by Gasteiger charge is 2.38.